The summed E-state index contributed by atoms with van der Waals surface area (Å²) in [5.74, 6) is -0.837. The van der Waals surface area contributed by atoms with E-state index in [1.54, 1.807) is 0 Å². The quantitative estimate of drug-likeness (QED) is 0.523. The molecule has 0 aliphatic rings. The Morgan fingerprint density at radius 3 is 1.68 bits per heavy atom. The molecule has 0 spiro atoms. The molecule has 0 unspecified atom stereocenters. The molecule has 19 heavy (non-hydrogen) atoms. The van der Waals surface area contributed by atoms with Gasteiger partial charge in [-0.25, -0.2) is 0 Å². The first-order valence-electron chi connectivity index (χ1n) is 6.16. The van der Waals surface area contributed by atoms with Crippen molar-refractivity contribution in [2.45, 2.75) is 13.8 Å². The van der Waals surface area contributed by atoms with Crippen molar-refractivity contribution in [2.24, 2.45) is 0 Å². The molecule has 0 atom stereocenters. The standard InChI is InChI=1S/C12H22N2O5/c1-10(15)18-7-5-14(6-8-19-11(2)16)12(17)9-13(3)4/h5-9H2,1-4H3/p+1. The molecule has 0 saturated heterocycles. The molecule has 0 aliphatic heterocycles. The third-order valence-electron chi connectivity index (χ3n) is 2.19. The second-order valence-corrected chi connectivity index (χ2v) is 4.44. The van der Waals surface area contributed by atoms with Crippen LogP contribution in [0.2, 0.25) is 0 Å². The summed E-state index contributed by atoms with van der Waals surface area (Å²) in [5, 5.41) is 0. The van der Waals surface area contributed by atoms with Crippen molar-refractivity contribution in [3.63, 3.8) is 0 Å². The van der Waals surface area contributed by atoms with Gasteiger partial charge in [0.05, 0.1) is 27.2 Å². The fourth-order valence-corrected chi connectivity index (χ4v) is 1.37. The molecule has 0 fully saturated rings. The zero-order valence-electron chi connectivity index (χ0n) is 12.0. The molecule has 7 heteroatoms. The summed E-state index contributed by atoms with van der Waals surface area (Å²) in [6, 6.07) is 0. The highest BCUT2D eigenvalue weighted by Crippen LogP contribution is 1.91. The fraction of sp³-hybridized carbons (Fsp3) is 0.750. The maximum atomic E-state index is 11.9. The van der Waals surface area contributed by atoms with Crippen molar-refractivity contribution >= 4 is 17.8 Å². The number of nitrogens with zero attached hydrogens (tertiary/aromatic N) is 1. The number of rotatable bonds is 8. The molecule has 0 aromatic carbocycles. The molecule has 0 saturated carbocycles. The monoisotopic (exact) mass is 275 g/mol. The number of quaternary nitrogens is 1. The second kappa shape index (κ2) is 9.32. The minimum atomic E-state index is -0.384. The van der Waals surface area contributed by atoms with Crippen LogP contribution in [0.25, 0.3) is 0 Å². The fourth-order valence-electron chi connectivity index (χ4n) is 1.37. The number of hydrogen-bond donors (Lipinski definition) is 1. The first kappa shape index (κ1) is 17.4. The van der Waals surface area contributed by atoms with Crippen LogP contribution in [0, 0.1) is 0 Å². The van der Waals surface area contributed by atoms with Crippen LogP contribution in [-0.2, 0) is 23.9 Å². The Kier molecular flexibility index (Phi) is 8.52. The molecule has 0 heterocycles. The minimum absolute atomic E-state index is 0.0701. The van der Waals surface area contributed by atoms with Crippen LogP contribution >= 0.6 is 0 Å². The summed E-state index contributed by atoms with van der Waals surface area (Å²) in [5.41, 5.74) is 0. The van der Waals surface area contributed by atoms with Gasteiger partial charge in [0.1, 0.15) is 13.2 Å². The predicted molar refractivity (Wildman–Crippen MR) is 67.5 cm³/mol. The number of ether oxygens (including phenoxy) is 2. The lowest BCUT2D eigenvalue weighted by molar-refractivity contribution is -0.849. The number of amides is 1. The van der Waals surface area contributed by atoms with Crippen molar-refractivity contribution in [3.05, 3.63) is 0 Å². The summed E-state index contributed by atoms with van der Waals surface area (Å²) >= 11 is 0. The Hall–Kier alpha value is -1.63. The van der Waals surface area contributed by atoms with Gasteiger partial charge in [-0.15, -0.1) is 0 Å². The first-order valence-corrected chi connectivity index (χ1v) is 6.16. The van der Waals surface area contributed by atoms with Crippen molar-refractivity contribution in [3.8, 4) is 0 Å². The molecule has 1 amide bonds. The highest BCUT2D eigenvalue weighted by molar-refractivity contribution is 5.77. The first-order chi connectivity index (χ1) is 8.82. The smallest absolute Gasteiger partial charge is 0.302 e. The number of esters is 2. The van der Waals surface area contributed by atoms with Crippen LogP contribution in [-0.4, -0.2) is 69.7 Å². The normalized spacial score (nSPS) is 10.2. The maximum absolute atomic E-state index is 11.9. The van der Waals surface area contributed by atoms with E-state index in [-0.39, 0.29) is 31.1 Å². The lowest BCUT2D eigenvalue weighted by Gasteiger charge is -2.22. The largest absolute Gasteiger partial charge is 0.464 e. The number of hydrogen-bond acceptors (Lipinski definition) is 5. The third-order valence-corrected chi connectivity index (χ3v) is 2.19. The van der Waals surface area contributed by atoms with E-state index in [1.165, 1.54) is 18.7 Å². The maximum Gasteiger partial charge on any atom is 0.302 e. The molecule has 0 aromatic rings. The third kappa shape index (κ3) is 10.0. The SMILES string of the molecule is CC(=O)OCCN(CCOC(C)=O)C(=O)C[NH+](C)C. The van der Waals surface area contributed by atoms with Gasteiger partial charge in [0, 0.05) is 13.8 Å². The van der Waals surface area contributed by atoms with Crippen molar-refractivity contribution in [2.75, 3.05) is 46.9 Å². The van der Waals surface area contributed by atoms with Gasteiger partial charge in [-0.3, -0.25) is 14.4 Å². The zero-order valence-corrected chi connectivity index (χ0v) is 12.0. The van der Waals surface area contributed by atoms with Crippen LogP contribution < -0.4 is 4.90 Å². The van der Waals surface area contributed by atoms with Gasteiger partial charge in [-0.1, -0.05) is 0 Å². The Balaban J connectivity index is 4.24. The molecular formula is C12H23N2O5+. The van der Waals surface area contributed by atoms with Crippen molar-refractivity contribution < 1.29 is 28.8 Å². The van der Waals surface area contributed by atoms with Crippen molar-refractivity contribution in [1.82, 2.24) is 4.90 Å². The molecule has 7 nitrogen and oxygen atoms in total. The Morgan fingerprint density at radius 1 is 0.947 bits per heavy atom. The van der Waals surface area contributed by atoms with Crippen LogP contribution in [0.1, 0.15) is 13.8 Å². The molecule has 0 bridgehead atoms. The summed E-state index contributed by atoms with van der Waals surface area (Å²) in [7, 11) is 3.74. The van der Waals surface area contributed by atoms with E-state index < -0.39 is 0 Å². The van der Waals surface area contributed by atoms with E-state index in [4.69, 9.17) is 9.47 Å². The van der Waals surface area contributed by atoms with E-state index in [1.807, 2.05) is 14.1 Å². The topological polar surface area (TPSA) is 77.3 Å². The number of likely N-dealkylation sites (N-methyl/N-ethyl adjacent to an activating group) is 1. The lowest BCUT2D eigenvalue weighted by atomic mass is 10.4. The Bertz CT molecular complexity index is 297. The summed E-state index contributed by atoms with van der Waals surface area (Å²) in [6.45, 7) is 3.85. The average Bonchev–Trinajstić information content (AvgIpc) is 2.25. The predicted octanol–water partition coefficient (Wildman–Crippen LogP) is -1.91. The molecule has 0 radical (unpaired) electrons. The van der Waals surface area contributed by atoms with E-state index in [9.17, 15) is 14.4 Å². The zero-order chi connectivity index (χ0) is 14.8. The van der Waals surface area contributed by atoms with Crippen LogP contribution in [0.4, 0.5) is 0 Å². The van der Waals surface area contributed by atoms with Gasteiger partial charge in [0.15, 0.2) is 6.54 Å². The minimum Gasteiger partial charge on any atom is -0.464 e. The van der Waals surface area contributed by atoms with Crippen LogP contribution in [0.15, 0.2) is 0 Å². The van der Waals surface area contributed by atoms with Gasteiger partial charge in [0.2, 0.25) is 0 Å². The summed E-state index contributed by atoms with van der Waals surface area (Å²) in [4.78, 5) is 35.8. The van der Waals surface area contributed by atoms with Gasteiger partial charge < -0.3 is 19.3 Å². The van der Waals surface area contributed by atoms with Crippen LogP contribution in [0.5, 0.6) is 0 Å². The van der Waals surface area contributed by atoms with E-state index in [0.29, 0.717) is 19.6 Å². The van der Waals surface area contributed by atoms with E-state index in [2.05, 4.69) is 0 Å². The lowest BCUT2D eigenvalue weighted by Crippen LogP contribution is -3.07. The highest BCUT2D eigenvalue weighted by Gasteiger charge is 2.16. The van der Waals surface area contributed by atoms with Crippen LogP contribution in [0.3, 0.4) is 0 Å². The van der Waals surface area contributed by atoms with Gasteiger partial charge in [-0.2, -0.15) is 0 Å². The molecule has 110 valence electrons. The number of carbonyl (C=O) groups is 3. The van der Waals surface area contributed by atoms with Gasteiger partial charge in [0.25, 0.3) is 5.91 Å². The Morgan fingerprint density at radius 2 is 1.37 bits per heavy atom. The van der Waals surface area contributed by atoms with E-state index >= 15 is 0 Å². The van der Waals surface area contributed by atoms with Gasteiger partial charge in [-0.05, 0) is 0 Å². The Labute approximate surface area is 113 Å². The summed E-state index contributed by atoms with van der Waals surface area (Å²) < 4.78 is 9.62. The van der Waals surface area contributed by atoms with Gasteiger partial charge >= 0.3 is 11.9 Å². The highest BCUT2D eigenvalue weighted by atomic mass is 16.5. The molecule has 1 N–H and O–H groups in total. The molecule has 0 aromatic heterocycles. The molecular weight excluding hydrogens is 252 g/mol. The second-order valence-electron chi connectivity index (χ2n) is 4.44. The average molecular weight is 275 g/mol. The number of carbonyl (C=O) groups excluding carboxylic acids is 3. The van der Waals surface area contributed by atoms with E-state index in [0.717, 1.165) is 4.90 Å². The summed E-state index contributed by atoms with van der Waals surface area (Å²) in [6.07, 6.45) is 0. The molecule has 0 rings (SSSR count). The molecule has 0 aliphatic carbocycles. The number of nitrogens with one attached hydrogen (secondary N) is 1. The van der Waals surface area contributed by atoms with Crippen molar-refractivity contribution in [1.29, 1.82) is 0 Å².